The van der Waals surface area contributed by atoms with Gasteiger partial charge in [0.25, 0.3) is 0 Å². The van der Waals surface area contributed by atoms with Crippen molar-refractivity contribution in [2.45, 2.75) is 70.4 Å². The Morgan fingerprint density at radius 3 is 2.48 bits per heavy atom. The lowest BCUT2D eigenvalue weighted by Gasteiger charge is -2.28. The minimum Gasteiger partial charge on any atom is -0.352 e. The van der Waals surface area contributed by atoms with Crippen LogP contribution in [0, 0.1) is 0 Å². The van der Waals surface area contributed by atoms with E-state index in [2.05, 4.69) is 22.5 Å². The van der Waals surface area contributed by atoms with E-state index in [-0.39, 0.29) is 18.3 Å². The van der Waals surface area contributed by atoms with Crippen molar-refractivity contribution in [3.8, 4) is 0 Å². The second-order valence-corrected chi connectivity index (χ2v) is 6.37. The average molecular weight is 318 g/mol. The predicted octanol–water partition coefficient (Wildman–Crippen LogP) is 2.32. The van der Waals surface area contributed by atoms with Crippen molar-refractivity contribution in [3.05, 3.63) is 0 Å². The van der Waals surface area contributed by atoms with Crippen LogP contribution in [0.4, 0.5) is 0 Å². The molecule has 5 heteroatoms. The van der Waals surface area contributed by atoms with Crippen LogP contribution in [-0.4, -0.2) is 49.1 Å². The van der Waals surface area contributed by atoms with Gasteiger partial charge in [-0.3, -0.25) is 9.69 Å². The molecule has 1 aliphatic carbocycles. The lowest BCUT2D eigenvalue weighted by atomic mass is 10.1. The molecule has 2 rings (SSSR count). The van der Waals surface area contributed by atoms with Crippen LogP contribution in [0.25, 0.3) is 0 Å². The summed E-state index contributed by atoms with van der Waals surface area (Å²) in [6.07, 6.45) is 9.86. The third kappa shape index (κ3) is 6.54. The molecule has 1 aliphatic heterocycles. The fourth-order valence-electron chi connectivity index (χ4n) is 3.51. The number of nitrogens with zero attached hydrogens (tertiary/aromatic N) is 1. The van der Waals surface area contributed by atoms with Crippen LogP contribution in [0.1, 0.15) is 58.3 Å². The number of halogens is 1. The lowest BCUT2D eigenvalue weighted by Crippen LogP contribution is -2.46. The van der Waals surface area contributed by atoms with Crippen LogP contribution < -0.4 is 10.6 Å². The van der Waals surface area contributed by atoms with Crippen LogP contribution in [0.15, 0.2) is 0 Å². The lowest BCUT2D eigenvalue weighted by molar-refractivity contribution is -0.123. The first kappa shape index (κ1) is 18.7. The molecule has 0 aromatic rings. The maximum Gasteiger partial charge on any atom is 0.234 e. The van der Waals surface area contributed by atoms with Gasteiger partial charge in [0.2, 0.25) is 5.91 Å². The van der Waals surface area contributed by atoms with Gasteiger partial charge in [-0.25, -0.2) is 0 Å². The zero-order chi connectivity index (χ0) is 14.2. The van der Waals surface area contributed by atoms with Crippen molar-refractivity contribution in [1.82, 2.24) is 15.5 Å². The van der Waals surface area contributed by atoms with E-state index in [0.717, 1.165) is 26.1 Å². The topological polar surface area (TPSA) is 44.4 Å². The van der Waals surface area contributed by atoms with Gasteiger partial charge in [0.15, 0.2) is 0 Å². The van der Waals surface area contributed by atoms with Crippen molar-refractivity contribution in [3.63, 3.8) is 0 Å². The molecule has 124 valence electrons. The Bertz CT molecular complexity index is 287. The van der Waals surface area contributed by atoms with E-state index in [1.165, 1.54) is 44.9 Å². The van der Waals surface area contributed by atoms with Gasteiger partial charge in [0.1, 0.15) is 0 Å². The molecule has 1 saturated heterocycles. The summed E-state index contributed by atoms with van der Waals surface area (Å²) in [6, 6.07) is 0.977. The summed E-state index contributed by atoms with van der Waals surface area (Å²) >= 11 is 0. The quantitative estimate of drug-likeness (QED) is 0.739. The molecule has 2 N–H and O–H groups in total. The highest BCUT2D eigenvalue weighted by molar-refractivity contribution is 5.85. The summed E-state index contributed by atoms with van der Waals surface area (Å²) in [5, 5.41) is 6.67. The van der Waals surface area contributed by atoms with Gasteiger partial charge in [-0.05, 0) is 38.8 Å². The summed E-state index contributed by atoms with van der Waals surface area (Å²) in [5.41, 5.74) is 0. The van der Waals surface area contributed by atoms with Gasteiger partial charge >= 0.3 is 0 Å². The molecule has 0 aromatic carbocycles. The SMILES string of the molecule is CCCN(CC(=O)NC1CCCCCC1)C1CCNC1.Cl. The summed E-state index contributed by atoms with van der Waals surface area (Å²) in [4.78, 5) is 14.7. The van der Waals surface area contributed by atoms with Gasteiger partial charge in [-0.2, -0.15) is 0 Å². The van der Waals surface area contributed by atoms with E-state index in [4.69, 9.17) is 0 Å². The highest BCUT2D eigenvalue weighted by Gasteiger charge is 2.24. The zero-order valence-corrected chi connectivity index (χ0v) is 14.2. The minimum atomic E-state index is 0. The molecule has 0 spiro atoms. The smallest absolute Gasteiger partial charge is 0.234 e. The van der Waals surface area contributed by atoms with Gasteiger partial charge in [0, 0.05) is 18.6 Å². The van der Waals surface area contributed by atoms with Crippen LogP contribution in [0.3, 0.4) is 0 Å². The van der Waals surface area contributed by atoms with E-state index in [1.807, 2.05) is 0 Å². The van der Waals surface area contributed by atoms with Crippen LogP contribution >= 0.6 is 12.4 Å². The molecule has 0 radical (unpaired) electrons. The van der Waals surface area contributed by atoms with Gasteiger partial charge in [-0.1, -0.05) is 32.6 Å². The Kier molecular flexibility index (Phi) is 9.29. The summed E-state index contributed by atoms with van der Waals surface area (Å²) in [6.45, 7) is 5.94. The number of carbonyl (C=O) groups excluding carboxylic acids is 1. The number of hydrogen-bond acceptors (Lipinski definition) is 3. The van der Waals surface area contributed by atoms with E-state index in [0.29, 0.717) is 18.6 Å². The summed E-state index contributed by atoms with van der Waals surface area (Å²) in [5.74, 6) is 0.234. The molecule has 1 heterocycles. The number of carbonyl (C=O) groups is 1. The molecule has 1 atom stereocenters. The molecule has 1 saturated carbocycles. The number of rotatable bonds is 6. The number of amides is 1. The Morgan fingerprint density at radius 2 is 1.90 bits per heavy atom. The van der Waals surface area contributed by atoms with Crippen molar-refractivity contribution in [1.29, 1.82) is 0 Å². The average Bonchev–Trinajstić information content (AvgIpc) is 2.85. The first-order valence-corrected chi connectivity index (χ1v) is 8.53. The normalized spacial score (nSPS) is 23.6. The number of nitrogens with one attached hydrogen (secondary N) is 2. The van der Waals surface area contributed by atoms with Crippen LogP contribution in [-0.2, 0) is 4.79 Å². The molecule has 1 amide bonds. The molecular weight excluding hydrogens is 286 g/mol. The molecule has 2 fully saturated rings. The molecule has 2 aliphatic rings. The van der Waals surface area contributed by atoms with Crippen molar-refractivity contribution < 1.29 is 4.79 Å². The number of hydrogen-bond donors (Lipinski definition) is 2. The Morgan fingerprint density at radius 1 is 1.19 bits per heavy atom. The predicted molar refractivity (Wildman–Crippen MR) is 90.0 cm³/mol. The van der Waals surface area contributed by atoms with E-state index in [9.17, 15) is 4.79 Å². The second kappa shape index (κ2) is 10.4. The Hall–Kier alpha value is -0.320. The summed E-state index contributed by atoms with van der Waals surface area (Å²) in [7, 11) is 0. The molecule has 1 unspecified atom stereocenters. The largest absolute Gasteiger partial charge is 0.352 e. The first-order valence-electron chi connectivity index (χ1n) is 8.53. The molecule has 0 aromatic heterocycles. The van der Waals surface area contributed by atoms with E-state index in [1.54, 1.807) is 0 Å². The van der Waals surface area contributed by atoms with Crippen LogP contribution in [0.5, 0.6) is 0 Å². The standard InChI is InChI=1S/C16H31N3O.ClH/c1-2-11-19(15-9-10-17-12-15)13-16(20)18-14-7-5-3-4-6-8-14;/h14-15,17H,2-13H2,1H3,(H,18,20);1H. The monoisotopic (exact) mass is 317 g/mol. The van der Waals surface area contributed by atoms with Crippen LogP contribution in [0.2, 0.25) is 0 Å². The van der Waals surface area contributed by atoms with Gasteiger partial charge < -0.3 is 10.6 Å². The third-order valence-electron chi connectivity index (χ3n) is 4.63. The van der Waals surface area contributed by atoms with Crippen molar-refractivity contribution in [2.75, 3.05) is 26.2 Å². The van der Waals surface area contributed by atoms with Crippen molar-refractivity contribution >= 4 is 18.3 Å². The highest BCUT2D eigenvalue weighted by Crippen LogP contribution is 2.17. The van der Waals surface area contributed by atoms with E-state index >= 15 is 0 Å². The van der Waals surface area contributed by atoms with Gasteiger partial charge in [-0.15, -0.1) is 12.4 Å². The fourth-order valence-corrected chi connectivity index (χ4v) is 3.51. The fraction of sp³-hybridized carbons (Fsp3) is 0.938. The maximum absolute atomic E-state index is 12.3. The Balaban J connectivity index is 0.00000220. The Labute approximate surface area is 135 Å². The molecule has 0 bridgehead atoms. The maximum atomic E-state index is 12.3. The highest BCUT2D eigenvalue weighted by atomic mass is 35.5. The molecular formula is C16H32ClN3O. The first-order chi connectivity index (χ1) is 9.79. The molecule has 21 heavy (non-hydrogen) atoms. The zero-order valence-electron chi connectivity index (χ0n) is 13.4. The van der Waals surface area contributed by atoms with E-state index < -0.39 is 0 Å². The second-order valence-electron chi connectivity index (χ2n) is 6.37. The molecule has 4 nitrogen and oxygen atoms in total. The van der Waals surface area contributed by atoms with Gasteiger partial charge in [0.05, 0.1) is 6.54 Å². The third-order valence-corrected chi connectivity index (χ3v) is 4.63. The van der Waals surface area contributed by atoms with Crippen molar-refractivity contribution in [2.24, 2.45) is 0 Å². The summed E-state index contributed by atoms with van der Waals surface area (Å²) < 4.78 is 0. The minimum absolute atomic E-state index is 0.